The smallest absolute Gasteiger partial charge is 0.335 e. The van der Waals surface area contributed by atoms with Gasteiger partial charge in [0.25, 0.3) is 11.8 Å². The fraction of sp³-hybridized carbons (Fsp3) is 0. The minimum Gasteiger partial charge on any atom is -0.478 e. The van der Waals surface area contributed by atoms with E-state index >= 15 is 0 Å². The van der Waals surface area contributed by atoms with E-state index in [1.807, 2.05) is 30.3 Å². The first-order chi connectivity index (χ1) is 13.5. The number of carbonyl (C=O) groups is 3. The summed E-state index contributed by atoms with van der Waals surface area (Å²) in [5.41, 5.74) is 2.22. The predicted octanol–water partition coefficient (Wildman–Crippen LogP) is 3.59. The molecule has 0 fully saturated rings. The van der Waals surface area contributed by atoms with Crippen molar-refractivity contribution in [1.82, 2.24) is 0 Å². The molecular formula is C23H13NO4. The summed E-state index contributed by atoms with van der Waals surface area (Å²) in [6.45, 7) is 0. The van der Waals surface area contributed by atoms with Gasteiger partial charge in [-0.3, -0.25) is 9.59 Å². The lowest BCUT2D eigenvalue weighted by Gasteiger charge is -2.14. The summed E-state index contributed by atoms with van der Waals surface area (Å²) in [5, 5.41) is 9.14. The summed E-state index contributed by atoms with van der Waals surface area (Å²) in [4.78, 5) is 37.7. The number of nitrogens with zero attached hydrogens (tertiary/aromatic N) is 1. The third-order valence-electron chi connectivity index (χ3n) is 4.36. The first-order valence-electron chi connectivity index (χ1n) is 8.48. The maximum atomic E-state index is 12.8. The van der Waals surface area contributed by atoms with Gasteiger partial charge >= 0.3 is 5.97 Å². The van der Waals surface area contributed by atoms with Crippen LogP contribution in [0.25, 0.3) is 0 Å². The summed E-state index contributed by atoms with van der Waals surface area (Å²) in [7, 11) is 0. The zero-order chi connectivity index (χ0) is 19.7. The Labute approximate surface area is 160 Å². The molecule has 1 aliphatic rings. The molecule has 134 valence electrons. The molecule has 5 nitrogen and oxygen atoms in total. The van der Waals surface area contributed by atoms with E-state index in [0.29, 0.717) is 5.56 Å². The molecule has 28 heavy (non-hydrogen) atoms. The van der Waals surface area contributed by atoms with Crippen LogP contribution in [0, 0.1) is 11.8 Å². The molecule has 1 heterocycles. The van der Waals surface area contributed by atoms with Crippen molar-refractivity contribution in [1.29, 1.82) is 0 Å². The molecule has 0 atom stereocenters. The first kappa shape index (κ1) is 17.3. The van der Waals surface area contributed by atoms with Crippen LogP contribution in [-0.2, 0) is 0 Å². The molecule has 5 heteroatoms. The Morgan fingerprint density at radius 3 is 2.21 bits per heavy atom. The third-order valence-corrected chi connectivity index (χ3v) is 4.36. The third kappa shape index (κ3) is 3.04. The number of carbonyl (C=O) groups excluding carboxylic acids is 2. The summed E-state index contributed by atoms with van der Waals surface area (Å²) < 4.78 is 0. The molecule has 0 unspecified atom stereocenters. The Morgan fingerprint density at radius 2 is 1.46 bits per heavy atom. The van der Waals surface area contributed by atoms with Crippen molar-refractivity contribution < 1.29 is 19.5 Å². The Morgan fingerprint density at radius 1 is 0.750 bits per heavy atom. The molecule has 0 bridgehead atoms. The van der Waals surface area contributed by atoms with Gasteiger partial charge in [0.1, 0.15) is 0 Å². The Bertz CT molecular complexity index is 1190. The molecule has 0 aromatic heterocycles. The zero-order valence-corrected chi connectivity index (χ0v) is 14.5. The van der Waals surface area contributed by atoms with Crippen molar-refractivity contribution in [3.63, 3.8) is 0 Å². The number of rotatable bonds is 2. The van der Waals surface area contributed by atoms with E-state index in [1.54, 1.807) is 18.2 Å². The van der Waals surface area contributed by atoms with Crippen molar-refractivity contribution in [3.8, 4) is 11.8 Å². The van der Waals surface area contributed by atoms with Crippen molar-refractivity contribution in [3.05, 3.63) is 101 Å². The molecule has 0 aliphatic carbocycles. The number of amides is 2. The summed E-state index contributed by atoms with van der Waals surface area (Å²) in [6, 6.07) is 20.0. The number of carboxylic acids is 1. The number of aromatic carboxylic acids is 1. The molecule has 2 amide bonds. The molecule has 1 aliphatic heterocycles. The van der Waals surface area contributed by atoms with Crippen LogP contribution in [0.4, 0.5) is 5.69 Å². The van der Waals surface area contributed by atoms with Crippen molar-refractivity contribution in [2.45, 2.75) is 0 Å². The van der Waals surface area contributed by atoms with Gasteiger partial charge in [0, 0.05) is 11.1 Å². The maximum absolute atomic E-state index is 12.8. The number of hydrogen-bond acceptors (Lipinski definition) is 3. The minimum absolute atomic E-state index is 0.00322. The average molecular weight is 367 g/mol. The van der Waals surface area contributed by atoms with Crippen molar-refractivity contribution >= 4 is 23.5 Å². The van der Waals surface area contributed by atoms with Gasteiger partial charge in [-0.1, -0.05) is 36.1 Å². The van der Waals surface area contributed by atoms with Gasteiger partial charge in [-0.2, -0.15) is 0 Å². The largest absolute Gasteiger partial charge is 0.478 e. The predicted molar refractivity (Wildman–Crippen MR) is 103 cm³/mol. The highest BCUT2D eigenvalue weighted by Gasteiger charge is 2.36. The second-order valence-corrected chi connectivity index (χ2v) is 6.18. The maximum Gasteiger partial charge on any atom is 0.335 e. The van der Waals surface area contributed by atoms with Gasteiger partial charge < -0.3 is 5.11 Å². The lowest BCUT2D eigenvalue weighted by atomic mass is 10.1. The van der Waals surface area contributed by atoms with Crippen LogP contribution in [0.15, 0.2) is 72.8 Å². The number of imide groups is 1. The van der Waals surface area contributed by atoms with Crippen LogP contribution < -0.4 is 4.90 Å². The van der Waals surface area contributed by atoms with E-state index < -0.39 is 17.8 Å². The normalized spacial score (nSPS) is 12.4. The van der Waals surface area contributed by atoms with Gasteiger partial charge in [-0.05, 0) is 48.5 Å². The quantitative estimate of drug-likeness (QED) is 0.555. The Balaban J connectivity index is 1.69. The molecule has 1 N–H and O–H groups in total. The molecule has 3 aromatic rings. The lowest BCUT2D eigenvalue weighted by molar-refractivity contribution is 0.0695. The monoisotopic (exact) mass is 367 g/mol. The van der Waals surface area contributed by atoms with Crippen LogP contribution >= 0.6 is 0 Å². The van der Waals surface area contributed by atoms with E-state index in [1.165, 1.54) is 24.3 Å². The van der Waals surface area contributed by atoms with Gasteiger partial charge in [-0.25, -0.2) is 9.69 Å². The Kier molecular flexibility index (Phi) is 4.23. The first-order valence-corrected chi connectivity index (χ1v) is 8.48. The highest BCUT2D eigenvalue weighted by atomic mass is 16.4. The number of carboxylic acid groups (broad SMARTS) is 1. The van der Waals surface area contributed by atoms with E-state index in [0.717, 1.165) is 10.5 Å². The van der Waals surface area contributed by atoms with Crippen LogP contribution in [0.5, 0.6) is 0 Å². The number of benzene rings is 3. The van der Waals surface area contributed by atoms with Crippen molar-refractivity contribution in [2.75, 3.05) is 4.90 Å². The van der Waals surface area contributed by atoms with E-state index in [-0.39, 0.29) is 22.4 Å². The fourth-order valence-electron chi connectivity index (χ4n) is 3.00. The topological polar surface area (TPSA) is 74.7 Å². The molecule has 3 aromatic carbocycles. The molecule has 0 saturated carbocycles. The second kappa shape index (κ2) is 6.86. The number of hydrogen-bond donors (Lipinski definition) is 1. The summed E-state index contributed by atoms with van der Waals surface area (Å²) >= 11 is 0. The van der Waals surface area contributed by atoms with E-state index in [9.17, 15) is 14.4 Å². The minimum atomic E-state index is -1.13. The van der Waals surface area contributed by atoms with Crippen LogP contribution in [0.1, 0.15) is 42.2 Å². The zero-order valence-electron chi connectivity index (χ0n) is 14.5. The highest BCUT2D eigenvalue weighted by Crippen LogP contribution is 2.29. The Hall–Kier alpha value is -4.17. The van der Waals surface area contributed by atoms with E-state index in [4.69, 9.17) is 5.11 Å². The van der Waals surface area contributed by atoms with Crippen LogP contribution in [0.2, 0.25) is 0 Å². The summed E-state index contributed by atoms with van der Waals surface area (Å²) in [5.74, 6) is 3.91. The SMILES string of the molecule is O=C(O)c1cccc(N2C(=O)c3ccc(C#Cc4ccccc4)cc3C2=O)c1. The molecule has 0 saturated heterocycles. The van der Waals surface area contributed by atoms with Gasteiger partial charge in [0.15, 0.2) is 0 Å². The molecule has 0 spiro atoms. The lowest BCUT2D eigenvalue weighted by Crippen LogP contribution is -2.29. The fourth-order valence-corrected chi connectivity index (χ4v) is 3.00. The van der Waals surface area contributed by atoms with Gasteiger partial charge in [-0.15, -0.1) is 0 Å². The van der Waals surface area contributed by atoms with Crippen LogP contribution in [0.3, 0.4) is 0 Å². The molecular weight excluding hydrogens is 354 g/mol. The van der Waals surface area contributed by atoms with Crippen LogP contribution in [-0.4, -0.2) is 22.9 Å². The van der Waals surface area contributed by atoms with Gasteiger partial charge in [0.2, 0.25) is 0 Å². The standard InChI is InChI=1S/C23H13NO4/c25-21-19-12-11-16(10-9-15-5-2-1-3-6-15)13-20(19)22(26)24(21)18-8-4-7-17(14-18)23(27)28/h1-8,11-14H,(H,27,28). The summed E-state index contributed by atoms with van der Waals surface area (Å²) in [6.07, 6.45) is 0. The highest BCUT2D eigenvalue weighted by molar-refractivity contribution is 6.34. The van der Waals surface area contributed by atoms with Gasteiger partial charge in [0.05, 0.1) is 22.4 Å². The number of anilines is 1. The average Bonchev–Trinajstić information content (AvgIpc) is 2.97. The second-order valence-electron chi connectivity index (χ2n) is 6.18. The number of fused-ring (bicyclic) bond motifs is 1. The van der Waals surface area contributed by atoms with Crippen molar-refractivity contribution in [2.24, 2.45) is 0 Å². The van der Waals surface area contributed by atoms with E-state index in [2.05, 4.69) is 11.8 Å². The molecule has 4 rings (SSSR count). The molecule has 0 radical (unpaired) electrons.